The van der Waals surface area contributed by atoms with Crippen LogP contribution in [0, 0.1) is 11.8 Å². The van der Waals surface area contributed by atoms with E-state index in [9.17, 15) is 8.78 Å². The van der Waals surface area contributed by atoms with Gasteiger partial charge in [-0.25, -0.2) is 9.37 Å². The summed E-state index contributed by atoms with van der Waals surface area (Å²) in [6, 6.07) is 0.706. The Morgan fingerprint density at radius 3 is 2.70 bits per heavy atom. The maximum Gasteiger partial charge on any atom is 0.215 e. The predicted octanol–water partition coefficient (Wildman–Crippen LogP) is 2.10. The minimum atomic E-state index is -0.827. The summed E-state index contributed by atoms with van der Waals surface area (Å²) < 4.78 is 24.6. The second-order valence-corrected chi connectivity index (χ2v) is 2.00. The summed E-state index contributed by atoms with van der Waals surface area (Å²) in [7, 11) is 0. The van der Waals surface area contributed by atoms with Gasteiger partial charge in [0.2, 0.25) is 5.95 Å². The molecule has 1 aromatic heterocycles. The van der Waals surface area contributed by atoms with E-state index < -0.39 is 11.8 Å². The normalized spacial score (nSPS) is 9.90. The van der Waals surface area contributed by atoms with Crippen molar-refractivity contribution >= 4 is 11.6 Å². The Morgan fingerprint density at radius 2 is 2.20 bits per heavy atom. The van der Waals surface area contributed by atoms with Gasteiger partial charge in [0, 0.05) is 17.8 Å². The number of hydrogen-bond acceptors (Lipinski definition) is 1. The lowest BCUT2D eigenvalue weighted by atomic mass is 10.3. The molecule has 1 heterocycles. The second-order valence-electron chi connectivity index (χ2n) is 1.73. The van der Waals surface area contributed by atoms with E-state index >= 15 is 0 Å². The van der Waals surface area contributed by atoms with E-state index in [0.717, 1.165) is 6.20 Å². The fourth-order valence-electron chi connectivity index (χ4n) is 0.534. The van der Waals surface area contributed by atoms with Gasteiger partial charge in [-0.2, -0.15) is 4.39 Å². The maximum absolute atomic E-state index is 12.5. The Labute approximate surface area is 61.7 Å². The summed E-state index contributed by atoms with van der Waals surface area (Å²) in [5.74, 6) is -1.46. The molecule has 0 saturated carbocycles. The first kappa shape index (κ1) is 7.41. The first-order chi connectivity index (χ1) is 4.74. The molecule has 1 rings (SSSR count). The van der Waals surface area contributed by atoms with Crippen molar-refractivity contribution in [2.45, 2.75) is 5.88 Å². The molecule has 0 atom stereocenters. The molecule has 0 aromatic carbocycles. The smallest absolute Gasteiger partial charge is 0.215 e. The highest BCUT2D eigenvalue weighted by molar-refractivity contribution is 6.17. The van der Waals surface area contributed by atoms with Gasteiger partial charge < -0.3 is 0 Å². The van der Waals surface area contributed by atoms with Crippen molar-refractivity contribution in [2.24, 2.45) is 0 Å². The van der Waals surface area contributed by atoms with Gasteiger partial charge in [-0.05, 0) is 0 Å². The van der Waals surface area contributed by atoms with Crippen LogP contribution in [0.4, 0.5) is 8.78 Å². The van der Waals surface area contributed by atoms with Crippen molar-refractivity contribution in [1.29, 1.82) is 0 Å². The van der Waals surface area contributed by atoms with Crippen molar-refractivity contribution in [2.75, 3.05) is 0 Å². The van der Waals surface area contributed by atoms with Crippen LogP contribution in [0.2, 0.25) is 0 Å². The monoisotopic (exact) mass is 163 g/mol. The van der Waals surface area contributed by atoms with Crippen molar-refractivity contribution in [3.63, 3.8) is 0 Å². The van der Waals surface area contributed by atoms with Crippen LogP contribution in [0.5, 0.6) is 0 Å². The van der Waals surface area contributed by atoms with Crippen LogP contribution < -0.4 is 0 Å². The molecule has 0 radical (unpaired) electrons. The van der Waals surface area contributed by atoms with E-state index in [1.54, 1.807) is 0 Å². The first-order valence-corrected chi connectivity index (χ1v) is 3.13. The first-order valence-electron chi connectivity index (χ1n) is 2.60. The van der Waals surface area contributed by atoms with Crippen molar-refractivity contribution < 1.29 is 8.78 Å². The molecule has 0 fully saturated rings. The summed E-state index contributed by atoms with van der Waals surface area (Å²) in [4.78, 5) is 3.22. The summed E-state index contributed by atoms with van der Waals surface area (Å²) >= 11 is 5.28. The minimum absolute atomic E-state index is 0.0130. The highest BCUT2D eigenvalue weighted by Gasteiger charge is 2.01. The Kier molecular flexibility index (Phi) is 2.17. The number of pyridine rings is 1. The van der Waals surface area contributed by atoms with Crippen LogP contribution in [0.15, 0.2) is 12.3 Å². The molecule has 10 heavy (non-hydrogen) atoms. The van der Waals surface area contributed by atoms with E-state index in [1.807, 2.05) is 0 Å². The summed E-state index contributed by atoms with van der Waals surface area (Å²) in [5.41, 5.74) is 0.211. The van der Waals surface area contributed by atoms with Gasteiger partial charge in [-0.1, -0.05) is 0 Å². The van der Waals surface area contributed by atoms with Crippen LogP contribution >= 0.6 is 11.6 Å². The SMILES string of the molecule is Fc1cc(F)c(CCl)cn1. The predicted molar refractivity (Wildman–Crippen MR) is 33.7 cm³/mol. The lowest BCUT2D eigenvalue weighted by Crippen LogP contribution is -1.90. The fraction of sp³-hybridized carbons (Fsp3) is 0.167. The summed E-state index contributed by atoms with van der Waals surface area (Å²) in [6.07, 6.45) is 1.08. The second kappa shape index (κ2) is 2.92. The molecule has 0 aliphatic carbocycles. The third-order valence-corrected chi connectivity index (χ3v) is 1.33. The standard InChI is InChI=1S/C6H4ClF2N/c7-2-4-3-10-6(9)1-5(4)8/h1,3H,2H2. The molecule has 0 aliphatic heterocycles. The lowest BCUT2D eigenvalue weighted by molar-refractivity contribution is 0.546. The van der Waals surface area contributed by atoms with Crippen molar-refractivity contribution in [3.05, 3.63) is 29.6 Å². The molecular weight excluding hydrogens is 160 g/mol. The van der Waals surface area contributed by atoms with Gasteiger partial charge in [0.05, 0.1) is 5.88 Å². The van der Waals surface area contributed by atoms with E-state index in [2.05, 4.69) is 4.98 Å². The summed E-state index contributed by atoms with van der Waals surface area (Å²) in [6.45, 7) is 0. The van der Waals surface area contributed by atoms with Gasteiger partial charge in [0.15, 0.2) is 0 Å². The van der Waals surface area contributed by atoms with Crippen LogP contribution in [0.1, 0.15) is 5.56 Å². The Balaban J connectivity index is 3.07. The molecular formula is C6H4ClF2N. The summed E-state index contributed by atoms with van der Waals surface area (Å²) in [5, 5.41) is 0. The zero-order valence-corrected chi connectivity index (χ0v) is 5.70. The van der Waals surface area contributed by atoms with Gasteiger partial charge in [0.25, 0.3) is 0 Å². The topological polar surface area (TPSA) is 12.9 Å². The van der Waals surface area contributed by atoms with Crippen LogP contribution in [0.3, 0.4) is 0 Å². The van der Waals surface area contributed by atoms with E-state index in [0.29, 0.717) is 6.07 Å². The molecule has 0 bridgehead atoms. The molecule has 0 saturated heterocycles. The third kappa shape index (κ3) is 1.42. The van der Waals surface area contributed by atoms with Gasteiger partial charge in [0.1, 0.15) is 5.82 Å². The number of alkyl halides is 1. The highest BCUT2D eigenvalue weighted by atomic mass is 35.5. The molecule has 4 heteroatoms. The van der Waals surface area contributed by atoms with Crippen LogP contribution in [-0.4, -0.2) is 4.98 Å². The van der Waals surface area contributed by atoms with Crippen molar-refractivity contribution in [1.82, 2.24) is 4.98 Å². The number of rotatable bonds is 1. The molecule has 54 valence electrons. The largest absolute Gasteiger partial charge is 0.228 e. The number of halogens is 3. The molecule has 0 unspecified atom stereocenters. The molecule has 0 N–H and O–H groups in total. The number of aromatic nitrogens is 1. The zero-order chi connectivity index (χ0) is 7.56. The molecule has 0 aliphatic rings. The van der Waals surface area contributed by atoms with E-state index in [1.165, 1.54) is 0 Å². The van der Waals surface area contributed by atoms with Crippen LogP contribution in [-0.2, 0) is 5.88 Å². The average Bonchev–Trinajstić information content (AvgIpc) is 1.88. The molecule has 1 nitrogen and oxygen atoms in total. The quantitative estimate of drug-likeness (QED) is 0.456. The molecule has 0 spiro atoms. The van der Waals surface area contributed by atoms with E-state index in [4.69, 9.17) is 11.6 Å². The number of hydrogen-bond donors (Lipinski definition) is 0. The zero-order valence-electron chi connectivity index (χ0n) is 4.94. The Morgan fingerprint density at radius 1 is 1.50 bits per heavy atom. The molecule has 0 amide bonds. The average molecular weight is 164 g/mol. The van der Waals surface area contributed by atoms with E-state index in [-0.39, 0.29) is 11.4 Å². The minimum Gasteiger partial charge on any atom is -0.228 e. The van der Waals surface area contributed by atoms with Gasteiger partial charge >= 0.3 is 0 Å². The van der Waals surface area contributed by atoms with Gasteiger partial charge in [-0.3, -0.25) is 0 Å². The fourth-order valence-corrected chi connectivity index (χ4v) is 0.731. The van der Waals surface area contributed by atoms with Crippen LogP contribution in [0.25, 0.3) is 0 Å². The Bertz CT molecular complexity index is 239. The van der Waals surface area contributed by atoms with Gasteiger partial charge in [-0.15, -0.1) is 11.6 Å². The Hall–Kier alpha value is -0.700. The number of nitrogens with zero attached hydrogens (tertiary/aromatic N) is 1. The maximum atomic E-state index is 12.5. The highest BCUT2D eigenvalue weighted by Crippen LogP contribution is 2.08. The molecule has 1 aromatic rings. The van der Waals surface area contributed by atoms with Crippen molar-refractivity contribution in [3.8, 4) is 0 Å². The lowest BCUT2D eigenvalue weighted by Gasteiger charge is -1.94. The third-order valence-electron chi connectivity index (χ3n) is 1.04.